The zero-order valence-corrected chi connectivity index (χ0v) is 14.3. The van der Waals surface area contributed by atoms with Crippen LogP contribution >= 0.6 is 22.9 Å². The highest BCUT2D eigenvalue weighted by Crippen LogP contribution is 2.36. The number of aryl methyl sites for hydroxylation is 2. The van der Waals surface area contributed by atoms with Gasteiger partial charge in [-0.2, -0.15) is 0 Å². The van der Waals surface area contributed by atoms with E-state index in [1.54, 1.807) is 17.7 Å². The Bertz CT molecular complexity index is 619. The maximum absolute atomic E-state index is 6.08. The van der Waals surface area contributed by atoms with Crippen LogP contribution in [0.4, 0.5) is 5.82 Å². The summed E-state index contributed by atoms with van der Waals surface area (Å²) in [4.78, 5) is 14.0. The van der Waals surface area contributed by atoms with Crippen LogP contribution in [-0.2, 0) is 0 Å². The van der Waals surface area contributed by atoms with Crippen molar-refractivity contribution in [3.8, 4) is 0 Å². The number of alkyl halides is 1. The molecule has 5 heteroatoms. The summed E-state index contributed by atoms with van der Waals surface area (Å²) >= 11 is 7.84. The van der Waals surface area contributed by atoms with Crippen LogP contribution in [0.1, 0.15) is 42.5 Å². The van der Waals surface area contributed by atoms with Crippen LogP contribution in [0.5, 0.6) is 0 Å². The predicted molar refractivity (Wildman–Crippen MR) is 91.8 cm³/mol. The summed E-state index contributed by atoms with van der Waals surface area (Å²) in [6.07, 6.45) is 8.21. The van der Waals surface area contributed by atoms with E-state index in [4.69, 9.17) is 11.6 Å². The molecule has 0 unspecified atom stereocenters. The van der Waals surface area contributed by atoms with Gasteiger partial charge in [0.1, 0.15) is 17.0 Å². The van der Waals surface area contributed by atoms with Gasteiger partial charge in [-0.05, 0) is 32.3 Å². The lowest BCUT2D eigenvalue weighted by Crippen LogP contribution is -2.39. The van der Waals surface area contributed by atoms with E-state index in [1.165, 1.54) is 47.9 Å². The predicted octanol–water partition coefficient (Wildman–Crippen LogP) is 4.69. The van der Waals surface area contributed by atoms with Crippen molar-refractivity contribution >= 4 is 39.0 Å². The fourth-order valence-electron chi connectivity index (χ4n) is 3.33. The first-order valence-electron chi connectivity index (χ1n) is 7.75. The van der Waals surface area contributed by atoms with Gasteiger partial charge in [0.25, 0.3) is 0 Å². The topological polar surface area (TPSA) is 29.0 Å². The second-order valence-electron chi connectivity index (χ2n) is 5.83. The quantitative estimate of drug-likeness (QED) is 0.764. The molecule has 0 radical (unpaired) electrons. The van der Waals surface area contributed by atoms with E-state index in [0.29, 0.717) is 11.9 Å². The van der Waals surface area contributed by atoms with Crippen LogP contribution in [0.15, 0.2) is 6.33 Å². The van der Waals surface area contributed by atoms with E-state index < -0.39 is 0 Å². The molecule has 0 aromatic carbocycles. The van der Waals surface area contributed by atoms with Crippen LogP contribution in [0.3, 0.4) is 0 Å². The minimum atomic E-state index is 0.579. The highest BCUT2D eigenvalue weighted by Gasteiger charge is 2.25. The maximum atomic E-state index is 6.08. The highest BCUT2D eigenvalue weighted by atomic mass is 35.5. The van der Waals surface area contributed by atoms with E-state index in [1.807, 2.05) is 0 Å². The Labute approximate surface area is 135 Å². The smallest absolute Gasteiger partial charge is 0.141 e. The summed E-state index contributed by atoms with van der Waals surface area (Å²) in [5.74, 6) is 1.74. The molecule has 0 amide bonds. The van der Waals surface area contributed by atoms with E-state index in [9.17, 15) is 0 Å². The molecule has 1 aliphatic rings. The number of anilines is 1. The number of aromatic nitrogens is 2. The third kappa shape index (κ3) is 2.88. The van der Waals surface area contributed by atoms with Gasteiger partial charge in [-0.3, -0.25) is 0 Å². The van der Waals surface area contributed by atoms with Gasteiger partial charge in [0.15, 0.2) is 0 Å². The Morgan fingerprint density at radius 3 is 2.71 bits per heavy atom. The molecule has 0 N–H and O–H groups in total. The molecule has 21 heavy (non-hydrogen) atoms. The van der Waals surface area contributed by atoms with Crippen molar-refractivity contribution in [2.24, 2.45) is 0 Å². The molecular formula is C16H22ClN3S. The largest absolute Gasteiger partial charge is 0.352 e. The van der Waals surface area contributed by atoms with Gasteiger partial charge >= 0.3 is 0 Å². The molecular weight excluding hydrogens is 302 g/mol. The molecule has 0 atom stereocenters. The third-order valence-corrected chi connectivity index (χ3v) is 5.84. The fourth-order valence-corrected chi connectivity index (χ4v) is 4.50. The van der Waals surface area contributed by atoms with Gasteiger partial charge in [-0.1, -0.05) is 19.3 Å². The lowest BCUT2D eigenvalue weighted by molar-refractivity contribution is 0.417. The van der Waals surface area contributed by atoms with Crippen molar-refractivity contribution < 1.29 is 0 Å². The summed E-state index contributed by atoms with van der Waals surface area (Å²) in [7, 11) is 0. The van der Waals surface area contributed by atoms with Gasteiger partial charge in [0.05, 0.1) is 5.39 Å². The van der Waals surface area contributed by atoms with Gasteiger partial charge < -0.3 is 4.90 Å². The van der Waals surface area contributed by atoms with E-state index in [0.717, 1.165) is 17.2 Å². The molecule has 1 fully saturated rings. The van der Waals surface area contributed by atoms with Crippen molar-refractivity contribution in [3.63, 3.8) is 0 Å². The van der Waals surface area contributed by atoms with Crippen LogP contribution in [0, 0.1) is 13.8 Å². The van der Waals surface area contributed by atoms with Gasteiger partial charge in [0, 0.05) is 23.3 Å². The maximum Gasteiger partial charge on any atom is 0.141 e. The Kier molecular flexibility index (Phi) is 4.65. The highest BCUT2D eigenvalue weighted by molar-refractivity contribution is 7.18. The molecule has 0 saturated heterocycles. The fraction of sp³-hybridized carbons (Fsp3) is 0.625. The van der Waals surface area contributed by atoms with Crippen LogP contribution in [0.25, 0.3) is 10.2 Å². The average molecular weight is 324 g/mol. The number of hydrogen-bond acceptors (Lipinski definition) is 4. The monoisotopic (exact) mass is 323 g/mol. The van der Waals surface area contributed by atoms with E-state index >= 15 is 0 Å². The Morgan fingerprint density at radius 1 is 1.24 bits per heavy atom. The molecule has 2 aromatic heterocycles. The normalized spacial score (nSPS) is 16.5. The minimum Gasteiger partial charge on any atom is -0.352 e. The number of halogens is 1. The van der Waals surface area contributed by atoms with Crippen molar-refractivity contribution in [2.45, 2.75) is 52.0 Å². The SMILES string of the molecule is Cc1sc2ncnc(N(CCCl)C3CCCCC3)c2c1C. The minimum absolute atomic E-state index is 0.579. The summed E-state index contributed by atoms with van der Waals surface area (Å²) in [5.41, 5.74) is 1.32. The first-order valence-corrected chi connectivity index (χ1v) is 9.10. The van der Waals surface area contributed by atoms with Crippen molar-refractivity contribution in [3.05, 3.63) is 16.8 Å². The summed E-state index contributed by atoms with van der Waals surface area (Å²) < 4.78 is 0. The van der Waals surface area contributed by atoms with Gasteiger partial charge in [0.2, 0.25) is 0 Å². The number of fused-ring (bicyclic) bond motifs is 1. The molecule has 2 aromatic rings. The lowest BCUT2D eigenvalue weighted by Gasteiger charge is -2.35. The van der Waals surface area contributed by atoms with Crippen LogP contribution < -0.4 is 4.90 Å². The molecule has 2 heterocycles. The Balaban J connectivity index is 2.06. The Hall–Kier alpha value is -0.870. The Morgan fingerprint density at radius 2 is 2.00 bits per heavy atom. The summed E-state index contributed by atoms with van der Waals surface area (Å²) in [6.45, 7) is 5.21. The molecule has 3 rings (SSSR count). The number of thiophene rings is 1. The van der Waals surface area contributed by atoms with Gasteiger partial charge in [-0.25, -0.2) is 9.97 Å². The molecule has 0 spiro atoms. The van der Waals surface area contributed by atoms with Crippen molar-refractivity contribution in [2.75, 3.05) is 17.3 Å². The van der Waals surface area contributed by atoms with Crippen LogP contribution in [-0.4, -0.2) is 28.4 Å². The first kappa shape index (κ1) is 15.0. The van der Waals surface area contributed by atoms with Crippen LogP contribution in [0.2, 0.25) is 0 Å². The molecule has 0 aliphatic heterocycles. The standard InChI is InChI=1S/C16H22ClN3S/c1-11-12(2)21-16-14(11)15(18-10-19-16)20(9-8-17)13-6-4-3-5-7-13/h10,13H,3-9H2,1-2H3. The average Bonchev–Trinajstić information content (AvgIpc) is 2.81. The zero-order valence-electron chi connectivity index (χ0n) is 12.7. The molecule has 1 saturated carbocycles. The van der Waals surface area contributed by atoms with E-state index in [-0.39, 0.29) is 0 Å². The third-order valence-electron chi connectivity index (χ3n) is 4.56. The zero-order chi connectivity index (χ0) is 14.8. The lowest BCUT2D eigenvalue weighted by atomic mass is 9.94. The number of rotatable bonds is 4. The molecule has 1 aliphatic carbocycles. The summed E-state index contributed by atoms with van der Waals surface area (Å²) in [5, 5.41) is 1.23. The number of hydrogen-bond donors (Lipinski definition) is 0. The number of nitrogens with zero attached hydrogens (tertiary/aromatic N) is 3. The van der Waals surface area contributed by atoms with Crippen molar-refractivity contribution in [1.82, 2.24) is 9.97 Å². The second kappa shape index (κ2) is 6.49. The second-order valence-corrected chi connectivity index (χ2v) is 7.42. The molecule has 114 valence electrons. The first-order chi connectivity index (χ1) is 10.2. The van der Waals surface area contributed by atoms with Crippen molar-refractivity contribution in [1.29, 1.82) is 0 Å². The molecule has 3 nitrogen and oxygen atoms in total. The van der Waals surface area contributed by atoms with E-state index in [2.05, 4.69) is 28.7 Å². The van der Waals surface area contributed by atoms with Gasteiger partial charge in [-0.15, -0.1) is 22.9 Å². The summed E-state index contributed by atoms with van der Waals surface area (Å²) in [6, 6.07) is 0.579. The molecule has 0 bridgehead atoms.